The summed E-state index contributed by atoms with van der Waals surface area (Å²) >= 11 is 1.71. The number of hydrogen-bond donors (Lipinski definition) is 1. The van der Waals surface area contributed by atoms with Crippen LogP contribution in [-0.4, -0.2) is 4.98 Å². The second-order valence-electron chi connectivity index (χ2n) is 3.10. The Kier molecular flexibility index (Phi) is 2.96. The number of nitrogens with one attached hydrogen (secondary N) is 1. The van der Waals surface area contributed by atoms with Crippen LogP contribution in [0.25, 0.3) is 0 Å². The Labute approximate surface area is 86.8 Å². The quantitative estimate of drug-likeness (QED) is 0.838. The van der Waals surface area contributed by atoms with Crippen molar-refractivity contribution < 1.29 is 4.42 Å². The van der Waals surface area contributed by atoms with Gasteiger partial charge in [-0.3, -0.25) is 0 Å². The molecule has 4 heteroatoms. The van der Waals surface area contributed by atoms with E-state index >= 15 is 0 Å². The first kappa shape index (κ1) is 9.43. The number of aromatic nitrogens is 1. The van der Waals surface area contributed by atoms with Gasteiger partial charge in [0.25, 0.3) is 0 Å². The summed E-state index contributed by atoms with van der Waals surface area (Å²) in [6.07, 6.45) is 1.74. The molecule has 1 N–H and O–H groups in total. The lowest BCUT2D eigenvalue weighted by Gasteiger charge is -1.98. The molecule has 0 saturated heterocycles. The van der Waals surface area contributed by atoms with Gasteiger partial charge in [-0.2, -0.15) is 11.3 Å². The minimum Gasteiger partial charge on any atom is -0.445 e. The third-order valence-electron chi connectivity index (χ3n) is 1.85. The number of rotatable bonds is 4. The number of thiophene rings is 1. The fourth-order valence-electron chi connectivity index (χ4n) is 1.19. The van der Waals surface area contributed by atoms with E-state index in [-0.39, 0.29) is 0 Å². The predicted octanol–water partition coefficient (Wildman–Crippen LogP) is 2.33. The fraction of sp³-hybridized carbons (Fsp3) is 0.300. The van der Waals surface area contributed by atoms with Crippen LogP contribution in [0.5, 0.6) is 0 Å². The summed E-state index contributed by atoms with van der Waals surface area (Å²) in [6, 6.07) is 2.11. The summed E-state index contributed by atoms with van der Waals surface area (Å²) in [7, 11) is 0. The van der Waals surface area contributed by atoms with Crippen LogP contribution in [0.3, 0.4) is 0 Å². The fourth-order valence-corrected chi connectivity index (χ4v) is 1.86. The molecule has 0 aliphatic heterocycles. The standard InChI is InChI=1S/C10H12N2OS/c1-8-4-12-10(13-8)6-11-5-9-2-3-14-7-9/h2-4,7,11H,5-6H2,1H3. The Morgan fingerprint density at radius 3 is 3.07 bits per heavy atom. The summed E-state index contributed by atoms with van der Waals surface area (Å²) in [5.74, 6) is 1.61. The highest BCUT2D eigenvalue weighted by atomic mass is 32.1. The molecule has 0 fully saturated rings. The van der Waals surface area contributed by atoms with Crippen molar-refractivity contribution in [1.29, 1.82) is 0 Å². The van der Waals surface area contributed by atoms with E-state index in [1.54, 1.807) is 17.5 Å². The second-order valence-corrected chi connectivity index (χ2v) is 3.88. The third-order valence-corrected chi connectivity index (χ3v) is 2.59. The zero-order chi connectivity index (χ0) is 9.80. The number of nitrogens with zero attached hydrogens (tertiary/aromatic N) is 1. The minimum absolute atomic E-state index is 0.684. The number of oxazole rings is 1. The van der Waals surface area contributed by atoms with Gasteiger partial charge in [0.15, 0.2) is 0 Å². The van der Waals surface area contributed by atoms with E-state index in [1.807, 2.05) is 6.92 Å². The first-order valence-electron chi connectivity index (χ1n) is 4.48. The average Bonchev–Trinajstić information content (AvgIpc) is 2.77. The van der Waals surface area contributed by atoms with Crippen molar-refractivity contribution in [3.63, 3.8) is 0 Å². The monoisotopic (exact) mass is 208 g/mol. The van der Waals surface area contributed by atoms with Crippen LogP contribution in [0.1, 0.15) is 17.2 Å². The van der Waals surface area contributed by atoms with Crippen LogP contribution in [0.2, 0.25) is 0 Å². The molecule has 0 atom stereocenters. The Hall–Kier alpha value is -1.13. The molecule has 0 radical (unpaired) electrons. The largest absolute Gasteiger partial charge is 0.445 e. The smallest absolute Gasteiger partial charge is 0.208 e. The van der Waals surface area contributed by atoms with Gasteiger partial charge < -0.3 is 9.73 Å². The molecule has 0 saturated carbocycles. The van der Waals surface area contributed by atoms with E-state index < -0.39 is 0 Å². The van der Waals surface area contributed by atoms with Crippen LogP contribution in [0.4, 0.5) is 0 Å². The van der Waals surface area contributed by atoms with Gasteiger partial charge in [-0.25, -0.2) is 4.98 Å². The minimum atomic E-state index is 0.684. The molecule has 0 aliphatic rings. The summed E-state index contributed by atoms with van der Waals surface area (Å²) in [5.41, 5.74) is 1.30. The molecule has 2 heterocycles. The van der Waals surface area contributed by atoms with Crippen LogP contribution in [-0.2, 0) is 13.1 Å². The summed E-state index contributed by atoms with van der Waals surface area (Å²) in [6.45, 7) is 3.45. The molecule has 0 aliphatic carbocycles. The maximum atomic E-state index is 5.33. The Morgan fingerprint density at radius 1 is 1.50 bits per heavy atom. The second kappa shape index (κ2) is 4.39. The van der Waals surface area contributed by atoms with Crippen molar-refractivity contribution in [2.24, 2.45) is 0 Å². The molecule has 2 aromatic rings. The molecular formula is C10H12N2OS. The third kappa shape index (κ3) is 2.43. The predicted molar refractivity (Wildman–Crippen MR) is 56.1 cm³/mol. The van der Waals surface area contributed by atoms with Crippen molar-refractivity contribution in [1.82, 2.24) is 10.3 Å². The van der Waals surface area contributed by atoms with Gasteiger partial charge in [0.1, 0.15) is 5.76 Å². The van der Waals surface area contributed by atoms with E-state index in [0.29, 0.717) is 6.54 Å². The van der Waals surface area contributed by atoms with Crippen molar-refractivity contribution in [2.45, 2.75) is 20.0 Å². The molecule has 0 unspecified atom stereocenters. The number of aryl methyl sites for hydroxylation is 1. The summed E-state index contributed by atoms with van der Waals surface area (Å²) < 4.78 is 5.33. The van der Waals surface area contributed by atoms with Crippen LogP contribution in [0.15, 0.2) is 27.4 Å². The van der Waals surface area contributed by atoms with E-state index in [4.69, 9.17) is 4.42 Å². The SMILES string of the molecule is Cc1cnc(CNCc2ccsc2)o1. The van der Waals surface area contributed by atoms with Gasteiger partial charge in [0.05, 0.1) is 12.7 Å². The molecule has 0 spiro atoms. The van der Waals surface area contributed by atoms with Crippen molar-refractivity contribution in [2.75, 3.05) is 0 Å². The molecule has 3 nitrogen and oxygen atoms in total. The summed E-state index contributed by atoms with van der Waals surface area (Å²) in [5, 5.41) is 7.48. The van der Waals surface area contributed by atoms with Crippen molar-refractivity contribution in [3.05, 3.63) is 40.2 Å². The van der Waals surface area contributed by atoms with E-state index in [0.717, 1.165) is 18.2 Å². The molecule has 0 bridgehead atoms. The first-order valence-corrected chi connectivity index (χ1v) is 5.42. The van der Waals surface area contributed by atoms with Crippen molar-refractivity contribution in [3.8, 4) is 0 Å². The van der Waals surface area contributed by atoms with Crippen molar-refractivity contribution >= 4 is 11.3 Å². The molecule has 2 aromatic heterocycles. The topological polar surface area (TPSA) is 38.1 Å². The molecule has 2 rings (SSSR count). The van der Waals surface area contributed by atoms with Gasteiger partial charge in [0.2, 0.25) is 5.89 Å². The maximum Gasteiger partial charge on any atom is 0.208 e. The molecular weight excluding hydrogens is 196 g/mol. The Balaban J connectivity index is 1.78. The molecule has 0 amide bonds. The normalized spacial score (nSPS) is 10.6. The van der Waals surface area contributed by atoms with Gasteiger partial charge >= 0.3 is 0 Å². The highest BCUT2D eigenvalue weighted by Crippen LogP contribution is 2.06. The first-order chi connectivity index (χ1) is 6.84. The van der Waals surface area contributed by atoms with Crippen LogP contribution in [0, 0.1) is 6.92 Å². The molecule has 0 aromatic carbocycles. The Morgan fingerprint density at radius 2 is 2.43 bits per heavy atom. The van der Waals surface area contributed by atoms with Gasteiger partial charge in [-0.05, 0) is 29.3 Å². The van der Waals surface area contributed by atoms with Crippen LogP contribution >= 0.6 is 11.3 Å². The van der Waals surface area contributed by atoms with E-state index in [1.165, 1.54) is 5.56 Å². The number of hydrogen-bond acceptors (Lipinski definition) is 4. The lowest BCUT2D eigenvalue weighted by molar-refractivity contribution is 0.449. The highest BCUT2D eigenvalue weighted by Gasteiger charge is 1.99. The van der Waals surface area contributed by atoms with Crippen LogP contribution < -0.4 is 5.32 Å². The lowest BCUT2D eigenvalue weighted by Crippen LogP contribution is -2.12. The maximum absolute atomic E-state index is 5.33. The van der Waals surface area contributed by atoms with E-state index in [2.05, 4.69) is 27.1 Å². The van der Waals surface area contributed by atoms with Gasteiger partial charge in [-0.15, -0.1) is 0 Å². The van der Waals surface area contributed by atoms with Gasteiger partial charge in [-0.1, -0.05) is 0 Å². The van der Waals surface area contributed by atoms with Gasteiger partial charge in [0, 0.05) is 6.54 Å². The molecule has 74 valence electrons. The average molecular weight is 208 g/mol. The lowest BCUT2D eigenvalue weighted by atomic mass is 10.3. The zero-order valence-electron chi connectivity index (χ0n) is 7.99. The highest BCUT2D eigenvalue weighted by molar-refractivity contribution is 7.07. The molecule has 14 heavy (non-hydrogen) atoms. The summed E-state index contributed by atoms with van der Waals surface area (Å²) in [4.78, 5) is 4.11. The Bertz CT molecular complexity index is 380. The van der Waals surface area contributed by atoms with E-state index in [9.17, 15) is 0 Å². The zero-order valence-corrected chi connectivity index (χ0v) is 8.80.